The van der Waals surface area contributed by atoms with Crippen molar-refractivity contribution in [2.75, 3.05) is 0 Å². The number of rotatable bonds is 4. The molecule has 1 unspecified atom stereocenters. The van der Waals surface area contributed by atoms with Gasteiger partial charge < -0.3 is 0 Å². The fraction of sp³-hybridized carbons (Fsp3) is 0.357. The van der Waals surface area contributed by atoms with Gasteiger partial charge in [-0.15, -0.1) is 0 Å². The van der Waals surface area contributed by atoms with Crippen LogP contribution >= 0.6 is 15.9 Å². The van der Waals surface area contributed by atoms with Gasteiger partial charge in [-0.25, -0.2) is 4.39 Å². The Bertz CT molecular complexity index is 624. The first-order valence-corrected chi connectivity index (χ1v) is 7.13. The SMILES string of the molecule is Cc1ccc(F)cc1C(Cc1c(Br)c(C)nn1C)NN. The van der Waals surface area contributed by atoms with Gasteiger partial charge in [0.15, 0.2) is 0 Å². The van der Waals surface area contributed by atoms with Crippen molar-refractivity contribution in [2.24, 2.45) is 12.9 Å². The lowest BCUT2D eigenvalue weighted by Gasteiger charge is -2.19. The molecule has 0 spiro atoms. The molecule has 1 aromatic carbocycles. The fourth-order valence-electron chi connectivity index (χ4n) is 2.34. The number of halogens is 2. The first kappa shape index (κ1) is 15.2. The Morgan fingerprint density at radius 3 is 2.70 bits per heavy atom. The van der Waals surface area contributed by atoms with Gasteiger partial charge in [0.2, 0.25) is 0 Å². The molecule has 0 aliphatic heterocycles. The van der Waals surface area contributed by atoms with Gasteiger partial charge in [0.05, 0.1) is 21.9 Å². The summed E-state index contributed by atoms with van der Waals surface area (Å²) in [6, 6.07) is 4.57. The highest BCUT2D eigenvalue weighted by Crippen LogP contribution is 2.27. The largest absolute Gasteiger partial charge is 0.271 e. The second-order valence-electron chi connectivity index (χ2n) is 4.89. The van der Waals surface area contributed by atoms with Gasteiger partial charge in [0.25, 0.3) is 0 Å². The van der Waals surface area contributed by atoms with Crippen molar-refractivity contribution in [1.29, 1.82) is 0 Å². The van der Waals surface area contributed by atoms with Crippen LogP contribution in [0.2, 0.25) is 0 Å². The molecule has 0 bridgehead atoms. The lowest BCUT2D eigenvalue weighted by molar-refractivity contribution is 0.521. The topological polar surface area (TPSA) is 55.9 Å². The summed E-state index contributed by atoms with van der Waals surface area (Å²) < 4.78 is 16.2. The summed E-state index contributed by atoms with van der Waals surface area (Å²) in [5, 5.41) is 4.36. The molecule has 0 fully saturated rings. The van der Waals surface area contributed by atoms with E-state index in [1.807, 2.05) is 25.6 Å². The third kappa shape index (κ3) is 2.92. The van der Waals surface area contributed by atoms with Crippen molar-refractivity contribution >= 4 is 15.9 Å². The Morgan fingerprint density at radius 2 is 2.15 bits per heavy atom. The first-order valence-electron chi connectivity index (χ1n) is 6.34. The van der Waals surface area contributed by atoms with Crippen molar-refractivity contribution in [3.8, 4) is 0 Å². The molecule has 2 rings (SSSR count). The third-order valence-electron chi connectivity index (χ3n) is 3.48. The number of nitrogens with two attached hydrogens (primary N) is 1. The number of nitrogens with zero attached hydrogens (tertiary/aromatic N) is 2. The summed E-state index contributed by atoms with van der Waals surface area (Å²) in [7, 11) is 1.89. The maximum absolute atomic E-state index is 13.4. The van der Waals surface area contributed by atoms with Crippen molar-refractivity contribution < 1.29 is 4.39 Å². The molecule has 20 heavy (non-hydrogen) atoms. The van der Waals surface area contributed by atoms with E-state index in [0.29, 0.717) is 6.42 Å². The maximum atomic E-state index is 13.4. The zero-order valence-electron chi connectivity index (χ0n) is 11.7. The molecule has 0 aliphatic rings. The van der Waals surface area contributed by atoms with Crippen LogP contribution in [0.4, 0.5) is 4.39 Å². The molecular formula is C14H18BrFN4. The molecule has 0 aliphatic carbocycles. The average Bonchev–Trinajstić information content (AvgIpc) is 2.65. The van der Waals surface area contributed by atoms with Gasteiger partial charge in [0.1, 0.15) is 5.82 Å². The third-order valence-corrected chi connectivity index (χ3v) is 4.51. The summed E-state index contributed by atoms with van der Waals surface area (Å²) in [5.41, 5.74) is 6.58. The van der Waals surface area contributed by atoms with E-state index in [4.69, 9.17) is 5.84 Å². The molecule has 0 radical (unpaired) electrons. The molecule has 0 amide bonds. The van der Waals surface area contributed by atoms with Gasteiger partial charge in [-0.05, 0) is 53.0 Å². The minimum atomic E-state index is -0.258. The number of benzene rings is 1. The van der Waals surface area contributed by atoms with Crippen molar-refractivity contribution in [2.45, 2.75) is 26.3 Å². The highest BCUT2D eigenvalue weighted by Gasteiger charge is 2.19. The monoisotopic (exact) mass is 340 g/mol. The Morgan fingerprint density at radius 1 is 1.45 bits per heavy atom. The zero-order chi connectivity index (χ0) is 14.9. The molecule has 1 heterocycles. The van der Waals surface area contributed by atoms with Gasteiger partial charge in [-0.1, -0.05) is 6.07 Å². The minimum Gasteiger partial charge on any atom is -0.271 e. The summed E-state index contributed by atoms with van der Waals surface area (Å²) in [6.45, 7) is 3.88. The molecular weight excluding hydrogens is 323 g/mol. The Balaban J connectivity index is 2.36. The Hall–Kier alpha value is -1.24. The van der Waals surface area contributed by atoms with E-state index in [-0.39, 0.29) is 11.9 Å². The fourth-order valence-corrected chi connectivity index (χ4v) is 2.84. The predicted molar refractivity (Wildman–Crippen MR) is 80.6 cm³/mol. The molecule has 108 valence electrons. The van der Waals surface area contributed by atoms with E-state index in [9.17, 15) is 4.39 Å². The van der Waals surface area contributed by atoms with Gasteiger partial charge in [0, 0.05) is 13.5 Å². The molecule has 3 N–H and O–H groups in total. The number of aromatic nitrogens is 2. The van der Waals surface area contributed by atoms with Crippen LogP contribution in [-0.4, -0.2) is 9.78 Å². The normalized spacial score (nSPS) is 12.7. The Labute approximate surface area is 126 Å². The van der Waals surface area contributed by atoms with E-state index in [1.54, 1.807) is 6.07 Å². The van der Waals surface area contributed by atoms with Gasteiger partial charge in [-0.3, -0.25) is 16.0 Å². The molecule has 4 nitrogen and oxygen atoms in total. The van der Waals surface area contributed by atoms with Crippen molar-refractivity contribution in [3.05, 3.63) is 51.0 Å². The van der Waals surface area contributed by atoms with Crippen molar-refractivity contribution in [1.82, 2.24) is 15.2 Å². The van der Waals surface area contributed by atoms with E-state index in [2.05, 4.69) is 26.5 Å². The maximum Gasteiger partial charge on any atom is 0.123 e. The lowest BCUT2D eigenvalue weighted by atomic mass is 9.97. The van der Waals surface area contributed by atoms with Crippen LogP contribution in [-0.2, 0) is 13.5 Å². The number of nitrogens with one attached hydrogen (secondary N) is 1. The number of hydrogen-bond donors (Lipinski definition) is 2. The summed E-state index contributed by atoms with van der Waals surface area (Å²) in [6.07, 6.45) is 0.624. The molecule has 1 atom stereocenters. The second-order valence-corrected chi connectivity index (χ2v) is 5.69. The molecule has 0 saturated heterocycles. The highest BCUT2D eigenvalue weighted by molar-refractivity contribution is 9.10. The van der Waals surface area contributed by atoms with Crippen LogP contribution in [0.1, 0.15) is 28.6 Å². The van der Waals surface area contributed by atoms with Gasteiger partial charge >= 0.3 is 0 Å². The van der Waals surface area contributed by atoms with E-state index < -0.39 is 0 Å². The number of hydrogen-bond acceptors (Lipinski definition) is 3. The van der Waals surface area contributed by atoms with Crippen LogP contribution in [0, 0.1) is 19.7 Å². The number of hydrazine groups is 1. The zero-order valence-corrected chi connectivity index (χ0v) is 13.3. The second kappa shape index (κ2) is 6.03. The van der Waals surface area contributed by atoms with Gasteiger partial charge in [-0.2, -0.15) is 5.10 Å². The van der Waals surface area contributed by atoms with Crippen LogP contribution in [0.25, 0.3) is 0 Å². The van der Waals surface area contributed by atoms with E-state index in [0.717, 1.165) is 27.0 Å². The number of aryl methyl sites for hydroxylation is 3. The van der Waals surface area contributed by atoms with Crippen LogP contribution in [0.5, 0.6) is 0 Å². The first-order chi connectivity index (χ1) is 9.43. The van der Waals surface area contributed by atoms with Crippen molar-refractivity contribution in [3.63, 3.8) is 0 Å². The lowest BCUT2D eigenvalue weighted by Crippen LogP contribution is -2.30. The molecule has 2 aromatic rings. The summed E-state index contributed by atoms with van der Waals surface area (Å²) >= 11 is 3.54. The summed E-state index contributed by atoms with van der Waals surface area (Å²) in [4.78, 5) is 0. The average molecular weight is 341 g/mol. The standard InChI is InChI=1S/C14H18BrFN4/c1-8-4-5-10(16)6-11(8)12(18-17)7-13-14(15)9(2)19-20(13)3/h4-6,12,18H,7,17H2,1-3H3. The molecule has 1 aromatic heterocycles. The Kier molecular flexibility index (Phi) is 4.57. The van der Waals surface area contributed by atoms with E-state index in [1.165, 1.54) is 12.1 Å². The van der Waals surface area contributed by atoms with E-state index >= 15 is 0 Å². The smallest absolute Gasteiger partial charge is 0.123 e. The van der Waals surface area contributed by atoms with Crippen LogP contribution in [0.3, 0.4) is 0 Å². The quantitative estimate of drug-likeness (QED) is 0.664. The highest BCUT2D eigenvalue weighted by atomic mass is 79.9. The predicted octanol–water partition coefficient (Wildman–Crippen LogP) is 2.69. The minimum absolute atomic E-state index is 0.170. The van der Waals surface area contributed by atoms with Crippen LogP contribution < -0.4 is 11.3 Å². The summed E-state index contributed by atoms with van der Waals surface area (Å²) in [5.74, 6) is 5.40. The van der Waals surface area contributed by atoms with Crippen LogP contribution in [0.15, 0.2) is 22.7 Å². The molecule has 6 heteroatoms. The molecule has 0 saturated carbocycles.